The van der Waals surface area contributed by atoms with E-state index in [4.69, 9.17) is 11.6 Å². The number of hydrogen-bond donors (Lipinski definition) is 2. The van der Waals surface area contributed by atoms with Gasteiger partial charge < -0.3 is 10.4 Å². The number of anilines is 1. The quantitative estimate of drug-likeness (QED) is 0.889. The molecule has 19 heavy (non-hydrogen) atoms. The third-order valence-corrected chi connectivity index (χ3v) is 3.32. The molecule has 1 unspecified atom stereocenters. The van der Waals surface area contributed by atoms with Gasteiger partial charge in [-0.2, -0.15) is 0 Å². The zero-order chi connectivity index (χ0) is 13.8. The van der Waals surface area contributed by atoms with E-state index in [1.807, 2.05) is 31.2 Å². The molecule has 0 fully saturated rings. The van der Waals surface area contributed by atoms with E-state index in [0.717, 1.165) is 11.3 Å². The van der Waals surface area contributed by atoms with E-state index in [0.29, 0.717) is 10.6 Å². The van der Waals surface area contributed by atoms with E-state index in [-0.39, 0.29) is 18.5 Å². The van der Waals surface area contributed by atoms with Crippen LogP contribution in [0.5, 0.6) is 0 Å². The minimum absolute atomic E-state index is 0.125. The smallest absolute Gasteiger partial charge is 0.124 e. The lowest BCUT2D eigenvalue weighted by Gasteiger charge is -2.20. The molecule has 2 aromatic carbocycles. The molecule has 0 heterocycles. The maximum Gasteiger partial charge on any atom is 0.124 e. The summed E-state index contributed by atoms with van der Waals surface area (Å²) in [5.41, 5.74) is 2.66. The topological polar surface area (TPSA) is 32.3 Å². The maximum atomic E-state index is 13.0. The molecule has 4 heteroatoms. The van der Waals surface area contributed by atoms with Gasteiger partial charge in [-0.1, -0.05) is 35.9 Å². The number of hydrogen-bond acceptors (Lipinski definition) is 2. The van der Waals surface area contributed by atoms with Crippen LogP contribution in [-0.4, -0.2) is 11.7 Å². The van der Waals surface area contributed by atoms with Gasteiger partial charge in [0.1, 0.15) is 5.82 Å². The van der Waals surface area contributed by atoms with E-state index < -0.39 is 0 Å². The van der Waals surface area contributed by atoms with Gasteiger partial charge in [0.25, 0.3) is 0 Å². The van der Waals surface area contributed by atoms with Crippen LogP contribution in [0.2, 0.25) is 5.02 Å². The van der Waals surface area contributed by atoms with Gasteiger partial charge in [0.15, 0.2) is 0 Å². The molecule has 0 saturated heterocycles. The Kier molecular flexibility index (Phi) is 4.40. The Morgan fingerprint density at radius 1 is 1.26 bits per heavy atom. The Morgan fingerprint density at radius 3 is 2.63 bits per heavy atom. The van der Waals surface area contributed by atoms with E-state index in [2.05, 4.69) is 5.32 Å². The second-order valence-electron chi connectivity index (χ2n) is 4.36. The SMILES string of the molecule is Cc1ccccc1NC(CO)c1ccc(F)cc1Cl. The summed E-state index contributed by atoms with van der Waals surface area (Å²) in [5.74, 6) is -0.388. The Balaban J connectivity index is 2.28. The first-order valence-electron chi connectivity index (χ1n) is 6.00. The monoisotopic (exact) mass is 279 g/mol. The first-order valence-corrected chi connectivity index (χ1v) is 6.37. The van der Waals surface area contributed by atoms with Gasteiger partial charge in [0.2, 0.25) is 0 Å². The zero-order valence-corrected chi connectivity index (χ0v) is 11.3. The van der Waals surface area contributed by atoms with E-state index in [1.165, 1.54) is 12.1 Å². The standard InChI is InChI=1S/C15H15ClFNO/c1-10-4-2-3-5-14(10)18-15(9-19)12-7-6-11(17)8-13(12)16/h2-8,15,18-19H,9H2,1H3. The van der Waals surface area contributed by atoms with E-state index >= 15 is 0 Å². The van der Waals surface area contributed by atoms with Crippen LogP contribution < -0.4 is 5.32 Å². The number of aliphatic hydroxyl groups excluding tert-OH is 1. The average Bonchev–Trinajstić information content (AvgIpc) is 2.39. The van der Waals surface area contributed by atoms with Crippen molar-refractivity contribution in [3.8, 4) is 0 Å². The minimum Gasteiger partial charge on any atom is -0.394 e. The van der Waals surface area contributed by atoms with Gasteiger partial charge >= 0.3 is 0 Å². The van der Waals surface area contributed by atoms with Crippen molar-refractivity contribution in [1.82, 2.24) is 0 Å². The molecule has 2 nitrogen and oxygen atoms in total. The van der Waals surface area contributed by atoms with Crippen LogP contribution >= 0.6 is 11.6 Å². The number of halogens is 2. The van der Waals surface area contributed by atoms with Crippen molar-refractivity contribution in [3.05, 3.63) is 64.4 Å². The summed E-state index contributed by atoms with van der Waals surface area (Å²) < 4.78 is 13.0. The van der Waals surface area contributed by atoms with E-state index in [1.54, 1.807) is 6.07 Å². The highest BCUT2D eigenvalue weighted by Crippen LogP contribution is 2.27. The van der Waals surface area contributed by atoms with Crippen LogP contribution in [0.4, 0.5) is 10.1 Å². The van der Waals surface area contributed by atoms with Crippen molar-refractivity contribution in [2.24, 2.45) is 0 Å². The highest BCUT2D eigenvalue weighted by molar-refractivity contribution is 6.31. The molecule has 2 N–H and O–H groups in total. The van der Waals surface area contributed by atoms with Crippen LogP contribution in [0.15, 0.2) is 42.5 Å². The molecule has 100 valence electrons. The van der Waals surface area contributed by atoms with Crippen molar-refractivity contribution in [2.75, 3.05) is 11.9 Å². The van der Waals surface area contributed by atoms with Gasteiger partial charge in [-0.15, -0.1) is 0 Å². The van der Waals surface area contributed by atoms with Crippen LogP contribution in [0.1, 0.15) is 17.2 Å². The van der Waals surface area contributed by atoms with Crippen molar-refractivity contribution >= 4 is 17.3 Å². The molecule has 2 aromatic rings. The number of para-hydroxylation sites is 1. The summed E-state index contributed by atoms with van der Waals surface area (Å²) in [6, 6.07) is 11.6. The van der Waals surface area contributed by atoms with Crippen LogP contribution in [0.25, 0.3) is 0 Å². The predicted molar refractivity (Wildman–Crippen MR) is 76.0 cm³/mol. The Bertz CT molecular complexity index is 574. The lowest BCUT2D eigenvalue weighted by molar-refractivity contribution is 0.276. The number of benzene rings is 2. The summed E-state index contributed by atoms with van der Waals surface area (Å²) in [6.07, 6.45) is 0. The molecular formula is C15H15ClFNO. The molecule has 0 radical (unpaired) electrons. The lowest BCUT2D eigenvalue weighted by atomic mass is 10.1. The molecule has 0 aliphatic carbocycles. The fraction of sp³-hybridized carbons (Fsp3) is 0.200. The Morgan fingerprint density at radius 2 is 2.00 bits per heavy atom. The molecule has 0 aliphatic heterocycles. The Labute approximate surface area is 116 Å². The summed E-state index contributed by atoms with van der Waals surface area (Å²) in [6.45, 7) is 1.85. The Hall–Kier alpha value is -1.58. The molecule has 0 aromatic heterocycles. The molecule has 1 atom stereocenters. The van der Waals surface area contributed by atoms with Crippen molar-refractivity contribution in [1.29, 1.82) is 0 Å². The molecule has 0 saturated carbocycles. The highest BCUT2D eigenvalue weighted by Gasteiger charge is 2.15. The normalized spacial score (nSPS) is 12.2. The van der Waals surface area contributed by atoms with Crippen molar-refractivity contribution in [3.63, 3.8) is 0 Å². The zero-order valence-electron chi connectivity index (χ0n) is 10.5. The second kappa shape index (κ2) is 6.04. The van der Waals surface area contributed by atoms with Gasteiger partial charge in [0.05, 0.1) is 12.6 Å². The van der Waals surface area contributed by atoms with Crippen molar-refractivity contribution < 1.29 is 9.50 Å². The predicted octanol–water partition coefficient (Wildman–Crippen LogP) is 3.93. The third-order valence-electron chi connectivity index (χ3n) is 3.00. The number of aliphatic hydroxyl groups is 1. The lowest BCUT2D eigenvalue weighted by Crippen LogP contribution is -2.16. The molecule has 0 spiro atoms. The van der Waals surface area contributed by atoms with Gasteiger partial charge in [-0.3, -0.25) is 0 Å². The van der Waals surface area contributed by atoms with E-state index in [9.17, 15) is 9.50 Å². The van der Waals surface area contributed by atoms with Gasteiger partial charge in [-0.05, 0) is 36.2 Å². The summed E-state index contributed by atoms with van der Waals surface area (Å²) in [5, 5.41) is 13.0. The first-order chi connectivity index (χ1) is 9.11. The first kappa shape index (κ1) is 13.8. The number of nitrogens with one attached hydrogen (secondary N) is 1. The molecular weight excluding hydrogens is 265 g/mol. The third kappa shape index (κ3) is 3.25. The highest BCUT2D eigenvalue weighted by atomic mass is 35.5. The maximum absolute atomic E-state index is 13.0. The fourth-order valence-electron chi connectivity index (χ4n) is 1.93. The molecule has 2 rings (SSSR count). The van der Waals surface area contributed by atoms with Crippen LogP contribution in [-0.2, 0) is 0 Å². The van der Waals surface area contributed by atoms with Crippen LogP contribution in [0, 0.1) is 12.7 Å². The molecule has 0 amide bonds. The average molecular weight is 280 g/mol. The van der Waals surface area contributed by atoms with Crippen LogP contribution in [0.3, 0.4) is 0 Å². The molecule has 0 aliphatic rings. The summed E-state index contributed by atoms with van der Waals surface area (Å²) in [7, 11) is 0. The number of rotatable bonds is 4. The second-order valence-corrected chi connectivity index (χ2v) is 4.77. The number of aryl methyl sites for hydroxylation is 1. The largest absolute Gasteiger partial charge is 0.394 e. The van der Waals surface area contributed by atoms with Gasteiger partial charge in [-0.25, -0.2) is 4.39 Å². The minimum atomic E-state index is -0.388. The fourth-order valence-corrected chi connectivity index (χ4v) is 2.23. The van der Waals surface area contributed by atoms with Gasteiger partial charge in [0, 0.05) is 10.7 Å². The summed E-state index contributed by atoms with van der Waals surface area (Å²) in [4.78, 5) is 0. The molecule has 0 bridgehead atoms. The summed E-state index contributed by atoms with van der Waals surface area (Å²) >= 11 is 6.02. The van der Waals surface area contributed by atoms with Crippen molar-refractivity contribution in [2.45, 2.75) is 13.0 Å².